The number of nitrogens with two attached hydrogens (primary N) is 1. The molecule has 0 aliphatic rings. The molecule has 0 aliphatic carbocycles. The zero-order valence-corrected chi connectivity index (χ0v) is 17.0. The fraction of sp³-hybridized carbons (Fsp3) is 0.316. The first-order valence-electron chi connectivity index (χ1n) is 8.21. The smallest absolute Gasteiger partial charge is 0.348 e. The number of nitriles is 1. The Labute approximate surface area is 166 Å². The van der Waals surface area contributed by atoms with Crippen LogP contribution in [0.1, 0.15) is 38.8 Å². The first-order valence-corrected chi connectivity index (χ1v) is 10.0. The van der Waals surface area contributed by atoms with E-state index in [0.717, 1.165) is 27.4 Å². The summed E-state index contributed by atoms with van der Waals surface area (Å²) in [7, 11) is 0. The molecular weight excluding hydrogens is 384 g/mol. The van der Waals surface area contributed by atoms with Gasteiger partial charge in [0.05, 0.1) is 17.9 Å². The minimum absolute atomic E-state index is 0.125. The van der Waals surface area contributed by atoms with Crippen molar-refractivity contribution in [1.29, 1.82) is 5.26 Å². The fourth-order valence-corrected chi connectivity index (χ4v) is 4.12. The lowest BCUT2D eigenvalue weighted by Crippen LogP contribution is -2.11. The maximum absolute atomic E-state index is 12.1. The molecule has 6 nitrogen and oxygen atoms in total. The number of carbonyl (C=O) groups is 2. The van der Waals surface area contributed by atoms with E-state index in [1.165, 1.54) is 11.8 Å². The standard InChI is InChI=1S/C19H20N2O4S2/c1-4-24-19(23)17-14(13(8-20)18(21)27-17)9-25-16(22)10-26-15-6-5-11(2)7-12(15)3/h5-7H,4,9-10,21H2,1-3H3. The molecule has 1 aromatic heterocycles. The van der Waals surface area contributed by atoms with Crippen molar-refractivity contribution in [3.8, 4) is 6.07 Å². The van der Waals surface area contributed by atoms with Crippen molar-refractivity contribution in [2.24, 2.45) is 0 Å². The second-order valence-electron chi connectivity index (χ2n) is 5.70. The van der Waals surface area contributed by atoms with Crippen LogP contribution >= 0.6 is 23.1 Å². The lowest BCUT2D eigenvalue weighted by Gasteiger charge is -2.08. The number of aryl methyl sites for hydroxylation is 2. The molecule has 0 spiro atoms. The Morgan fingerprint density at radius 3 is 2.67 bits per heavy atom. The predicted octanol–water partition coefficient (Wildman–Crippen LogP) is 3.83. The van der Waals surface area contributed by atoms with E-state index < -0.39 is 11.9 Å². The highest BCUT2D eigenvalue weighted by Crippen LogP contribution is 2.32. The number of benzene rings is 1. The van der Waals surface area contributed by atoms with Gasteiger partial charge in [-0.1, -0.05) is 17.7 Å². The van der Waals surface area contributed by atoms with Crippen LogP contribution in [0.3, 0.4) is 0 Å². The van der Waals surface area contributed by atoms with Crippen LogP contribution in [-0.4, -0.2) is 24.3 Å². The summed E-state index contributed by atoms with van der Waals surface area (Å²) < 4.78 is 10.2. The molecule has 2 rings (SSSR count). The van der Waals surface area contributed by atoms with Gasteiger partial charge >= 0.3 is 11.9 Å². The molecule has 1 heterocycles. The molecule has 8 heteroatoms. The van der Waals surface area contributed by atoms with Gasteiger partial charge in [-0.25, -0.2) is 4.79 Å². The topological polar surface area (TPSA) is 102 Å². The first-order chi connectivity index (χ1) is 12.9. The van der Waals surface area contributed by atoms with E-state index in [4.69, 9.17) is 15.2 Å². The van der Waals surface area contributed by atoms with Crippen molar-refractivity contribution in [2.45, 2.75) is 32.3 Å². The fourth-order valence-electron chi connectivity index (χ4n) is 2.40. The Balaban J connectivity index is 2.04. The number of ether oxygens (including phenoxy) is 2. The average Bonchev–Trinajstić information content (AvgIpc) is 2.95. The van der Waals surface area contributed by atoms with Crippen LogP contribution in [-0.2, 0) is 20.9 Å². The Morgan fingerprint density at radius 1 is 1.30 bits per heavy atom. The quantitative estimate of drug-likeness (QED) is 0.552. The zero-order chi connectivity index (χ0) is 20.0. The molecule has 0 radical (unpaired) electrons. The highest BCUT2D eigenvalue weighted by Gasteiger charge is 2.23. The zero-order valence-electron chi connectivity index (χ0n) is 15.3. The highest BCUT2D eigenvalue weighted by atomic mass is 32.2. The van der Waals surface area contributed by atoms with Crippen LogP contribution in [0.5, 0.6) is 0 Å². The molecule has 0 bridgehead atoms. The van der Waals surface area contributed by atoms with Crippen molar-refractivity contribution < 1.29 is 19.1 Å². The van der Waals surface area contributed by atoms with Crippen molar-refractivity contribution in [3.63, 3.8) is 0 Å². The van der Waals surface area contributed by atoms with Gasteiger partial charge in [-0.05, 0) is 32.4 Å². The maximum atomic E-state index is 12.1. The van der Waals surface area contributed by atoms with Crippen LogP contribution in [0, 0.1) is 25.2 Å². The number of anilines is 1. The maximum Gasteiger partial charge on any atom is 0.348 e. The number of hydrogen-bond acceptors (Lipinski definition) is 8. The number of nitrogen functional groups attached to an aromatic ring is 1. The Morgan fingerprint density at radius 2 is 2.04 bits per heavy atom. The van der Waals surface area contributed by atoms with Crippen LogP contribution in [0.2, 0.25) is 0 Å². The van der Waals surface area contributed by atoms with E-state index in [0.29, 0.717) is 5.56 Å². The van der Waals surface area contributed by atoms with Crippen LogP contribution in [0.25, 0.3) is 0 Å². The van der Waals surface area contributed by atoms with Gasteiger partial charge in [0, 0.05) is 10.5 Å². The van der Waals surface area contributed by atoms with Gasteiger partial charge in [0.2, 0.25) is 0 Å². The molecule has 2 N–H and O–H groups in total. The summed E-state index contributed by atoms with van der Waals surface area (Å²) in [6.45, 7) is 5.68. The SMILES string of the molecule is CCOC(=O)c1sc(N)c(C#N)c1COC(=O)CSc1ccc(C)cc1C. The summed E-state index contributed by atoms with van der Waals surface area (Å²) in [5, 5.41) is 9.48. The molecule has 0 atom stereocenters. The third-order valence-corrected chi connectivity index (χ3v) is 5.85. The predicted molar refractivity (Wildman–Crippen MR) is 106 cm³/mol. The number of thioether (sulfide) groups is 1. The van der Waals surface area contributed by atoms with Gasteiger partial charge in [0.1, 0.15) is 22.6 Å². The molecule has 0 saturated heterocycles. The molecular formula is C19H20N2O4S2. The normalized spacial score (nSPS) is 10.3. The number of hydrogen-bond donors (Lipinski definition) is 1. The minimum Gasteiger partial charge on any atom is -0.462 e. The monoisotopic (exact) mass is 404 g/mol. The number of esters is 2. The number of rotatable bonds is 7. The van der Waals surface area contributed by atoms with Crippen molar-refractivity contribution in [3.05, 3.63) is 45.3 Å². The van der Waals surface area contributed by atoms with E-state index in [2.05, 4.69) is 0 Å². The average molecular weight is 405 g/mol. The second kappa shape index (κ2) is 9.44. The summed E-state index contributed by atoms with van der Waals surface area (Å²) in [4.78, 5) is 25.4. The van der Waals surface area contributed by atoms with Crippen LogP contribution in [0.4, 0.5) is 5.00 Å². The molecule has 0 aliphatic heterocycles. The molecule has 0 unspecified atom stereocenters. The van der Waals surface area contributed by atoms with Gasteiger partial charge in [-0.3, -0.25) is 4.79 Å². The van der Waals surface area contributed by atoms with E-state index in [1.54, 1.807) is 6.92 Å². The van der Waals surface area contributed by atoms with Gasteiger partial charge in [0.25, 0.3) is 0 Å². The summed E-state index contributed by atoms with van der Waals surface area (Å²) in [5.41, 5.74) is 8.50. The Hall–Kier alpha value is -2.50. The second-order valence-corrected chi connectivity index (χ2v) is 7.77. The van der Waals surface area contributed by atoms with E-state index >= 15 is 0 Å². The highest BCUT2D eigenvalue weighted by molar-refractivity contribution is 8.00. The van der Waals surface area contributed by atoms with Gasteiger partial charge in [0.15, 0.2) is 0 Å². The van der Waals surface area contributed by atoms with E-state index in [9.17, 15) is 14.9 Å². The molecule has 1 aromatic carbocycles. The summed E-state index contributed by atoms with van der Waals surface area (Å²) in [6, 6.07) is 7.96. The molecule has 0 amide bonds. The van der Waals surface area contributed by atoms with Crippen molar-refractivity contribution in [1.82, 2.24) is 0 Å². The lowest BCUT2D eigenvalue weighted by atomic mass is 10.1. The van der Waals surface area contributed by atoms with Gasteiger partial charge < -0.3 is 15.2 Å². The lowest BCUT2D eigenvalue weighted by molar-refractivity contribution is -0.141. The third kappa shape index (κ3) is 5.25. The number of nitrogens with zero attached hydrogens (tertiary/aromatic N) is 1. The van der Waals surface area contributed by atoms with Gasteiger partial charge in [-0.15, -0.1) is 23.1 Å². The third-order valence-electron chi connectivity index (χ3n) is 3.66. The van der Waals surface area contributed by atoms with E-state index in [-0.39, 0.29) is 34.4 Å². The van der Waals surface area contributed by atoms with Crippen LogP contribution < -0.4 is 5.73 Å². The number of carbonyl (C=O) groups excluding carboxylic acids is 2. The summed E-state index contributed by atoms with van der Waals surface area (Å²) >= 11 is 2.34. The van der Waals surface area contributed by atoms with Crippen LogP contribution in [0.15, 0.2) is 23.1 Å². The Bertz CT molecular complexity index is 900. The molecule has 27 heavy (non-hydrogen) atoms. The number of thiophene rings is 1. The van der Waals surface area contributed by atoms with Gasteiger partial charge in [-0.2, -0.15) is 5.26 Å². The molecule has 0 fully saturated rings. The molecule has 2 aromatic rings. The van der Waals surface area contributed by atoms with Crippen molar-refractivity contribution >= 4 is 40.0 Å². The van der Waals surface area contributed by atoms with Crippen molar-refractivity contribution in [2.75, 3.05) is 18.1 Å². The summed E-state index contributed by atoms with van der Waals surface area (Å²) in [5.74, 6) is -0.894. The summed E-state index contributed by atoms with van der Waals surface area (Å²) in [6.07, 6.45) is 0. The molecule has 0 saturated carbocycles. The first kappa shape index (κ1) is 20.8. The largest absolute Gasteiger partial charge is 0.462 e. The van der Waals surface area contributed by atoms with E-state index in [1.807, 2.05) is 38.1 Å². The minimum atomic E-state index is -0.577. The molecule has 142 valence electrons. The Kier molecular flexibility index (Phi) is 7.28.